The number of hydrogen-bond donors (Lipinski definition) is 1. The minimum atomic E-state index is 0.443. The molecular formula is C35H36N4S. The van der Waals surface area contributed by atoms with Crippen molar-refractivity contribution in [1.29, 1.82) is 0 Å². The number of hydrogen-bond acceptors (Lipinski definition) is 5. The maximum Gasteiger partial charge on any atom is 0.0801 e. The zero-order valence-corrected chi connectivity index (χ0v) is 24.4. The Bertz CT molecular complexity index is 1570. The van der Waals surface area contributed by atoms with E-state index in [1.165, 1.54) is 55.2 Å². The van der Waals surface area contributed by atoms with Crippen LogP contribution >= 0.6 is 11.9 Å². The second-order valence-corrected chi connectivity index (χ2v) is 11.8. The van der Waals surface area contributed by atoms with Gasteiger partial charge in [0.2, 0.25) is 0 Å². The van der Waals surface area contributed by atoms with Gasteiger partial charge in [-0.05, 0) is 89.7 Å². The zero-order chi connectivity index (χ0) is 27.6. The van der Waals surface area contributed by atoms with Crippen molar-refractivity contribution >= 4 is 23.4 Å². The van der Waals surface area contributed by atoms with Crippen molar-refractivity contribution in [3.63, 3.8) is 0 Å². The lowest BCUT2D eigenvalue weighted by atomic mass is 9.94. The van der Waals surface area contributed by atoms with Crippen molar-refractivity contribution in [3.05, 3.63) is 125 Å². The molecule has 0 atom stereocenters. The van der Waals surface area contributed by atoms with Crippen LogP contribution in [-0.2, 0) is 19.4 Å². The van der Waals surface area contributed by atoms with Crippen LogP contribution in [0.2, 0.25) is 0 Å². The van der Waals surface area contributed by atoms with Crippen molar-refractivity contribution in [2.75, 3.05) is 13.6 Å². The number of rotatable bonds is 9. The second kappa shape index (κ2) is 11.3. The van der Waals surface area contributed by atoms with Crippen LogP contribution in [0.3, 0.4) is 0 Å². The molecule has 0 saturated heterocycles. The Kier molecular flexibility index (Phi) is 7.48. The summed E-state index contributed by atoms with van der Waals surface area (Å²) >= 11 is 1.68. The van der Waals surface area contributed by atoms with Gasteiger partial charge in [0.1, 0.15) is 0 Å². The fourth-order valence-electron chi connectivity index (χ4n) is 5.84. The third kappa shape index (κ3) is 5.31. The Labute approximate surface area is 242 Å². The van der Waals surface area contributed by atoms with Crippen molar-refractivity contribution in [3.8, 4) is 11.1 Å². The average Bonchev–Trinajstić information content (AvgIpc) is 3.73. The van der Waals surface area contributed by atoms with E-state index >= 15 is 0 Å². The molecule has 3 aromatic carbocycles. The predicted molar refractivity (Wildman–Crippen MR) is 170 cm³/mol. The third-order valence-electron chi connectivity index (χ3n) is 8.44. The van der Waals surface area contributed by atoms with E-state index in [-0.39, 0.29) is 0 Å². The highest BCUT2D eigenvalue weighted by Gasteiger charge is 2.26. The van der Waals surface area contributed by atoms with Gasteiger partial charge in [-0.3, -0.25) is 9.98 Å². The molecule has 0 radical (unpaired) electrons. The SMILES string of the molecule is C=C(C1Cc2ccccc2C1)N(C)Cc1cc(C2=NC=CC2)ccc1-c1ccccc1SNC1=C(C)C(C)=NC1. The first kappa shape index (κ1) is 26.4. The second-order valence-electron chi connectivity index (χ2n) is 11.0. The zero-order valence-electron chi connectivity index (χ0n) is 23.6. The summed E-state index contributed by atoms with van der Waals surface area (Å²) in [4.78, 5) is 12.8. The summed E-state index contributed by atoms with van der Waals surface area (Å²) in [5.74, 6) is 0.443. The highest BCUT2D eigenvalue weighted by molar-refractivity contribution is 7.97. The van der Waals surface area contributed by atoms with E-state index in [9.17, 15) is 0 Å². The average molecular weight is 545 g/mol. The summed E-state index contributed by atoms with van der Waals surface area (Å²) in [6.45, 7) is 10.3. The third-order valence-corrected chi connectivity index (χ3v) is 9.36. The highest BCUT2D eigenvalue weighted by Crippen LogP contribution is 2.36. The van der Waals surface area contributed by atoms with Crippen LogP contribution in [0, 0.1) is 5.92 Å². The van der Waals surface area contributed by atoms with Gasteiger partial charge in [-0.15, -0.1) is 0 Å². The molecule has 2 aliphatic heterocycles. The summed E-state index contributed by atoms with van der Waals surface area (Å²) in [7, 11) is 2.19. The van der Waals surface area contributed by atoms with Crippen LogP contribution in [0.1, 0.15) is 42.5 Å². The number of nitrogens with zero attached hydrogens (tertiary/aromatic N) is 3. The molecular weight excluding hydrogens is 508 g/mol. The monoisotopic (exact) mass is 544 g/mol. The van der Waals surface area contributed by atoms with E-state index < -0.39 is 0 Å². The Balaban J connectivity index is 1.29. The van der Waals surface area contributed by atoms with E-state index in [4.69, 9.17) is 0 Å². The van der Waals surface area contributed by atoms with Crippen LogP contribution in [-0.4, -0.2) is 29.9 Å². The number of benzene rings is 3. The minimum Gasteiger partial charge on any atom is -0.374 e. The Morgan fingerprint density at radius 3 is 2.45 bits per heavy atom. The molecule has 0 bridgehead atoms. The quantitative estimate of drug-likeness (QED) is 0.280. The first-order valence-corrected chi connectivity index (χ1v) is 14.8. The summed E-state index contributed by atoms with van der Waals surface area (Å²) in [5.41, 5.74) is 13.8. The number of aliphatic imine (C=N–C) groups is 2. The molecule has 2 heterocycles. The molecule has 0 spiro atoms. The summed E-state index contributed by atoms with van der Waals surface area (Å²) < 4.78 is 3.60. The molecule has 1 aliphatic carbocycles. The van der Waals surface area contributed by atoms with Crippen LogP contribution < -0.4 is 4.72 Å². The van der Waals surface area contributed by atoms with Gasteiger partial charge in [-0.1, -0.05) is 67.3 Å². The predicted octanol–water partition coefficient (Wildman–Crippen LogP) is 7.77. The molecule has 1 N–H and O–H groups in total. The maximum atomic E-state index is 4.63. The molecule has 4 nitrogen and oxygen atoms in total. The van der Waals surface area contributed by atoms with E-state index in [0.717, 1.165) is 43.8 Å². The van der Waals surface area contributed by atoms with Crippen LogP contribution in [0.25, 0.3) is 11.1 Å². The van der Waals surface area contributed by atoms with Gasteiger partial charge >= 0.3 is 0 Å². The van der Waals surface area contributed by atoms with Crippen LogP contribution in [0.5, 0.6) is 0 Å². The van der Waals surface area contributed by atoms with E-state index in [1.807, 2.05) is 6.20 Å². The molecule has 3 aliphatic rings. The topological polar surface area (TPSA) is 40.0 Å². The normalized spacial score (nSPS) is 16.3. The van der Waals surface area contributed by atoms with E-state index in [1.54, 1.807) is 11.9 Å². The maximum absolute atomic E-state index is 4.63. The lowest BCUT2D eigenvalue weighted by Crippen LogP contribution is -2.23. The fraction of sp³-hybridized carbons (Fsp3) is 0.257. The lowest BCUT2D eigenvalue weighted by molar-refractivity contribution is 0.356. The van der Waals surface area contributed by atoms with E-state index in [0.29, 0.717) is 5.92 Å². The first-order valence-electron chi connectivity index (χ1n) is 14.0. The van der Waals surface area contributed by atoms with Crippen molar-refractivity contribution in [2.24, 2.45) is 15.9 Å². The molecule has 6 rings (SSSR count). The van der Waals surface area contributed by atoms with Gasteiger partial charge in [-0.2, -0.15) is 0 Å². The molecule has 5 heteroatoms. The van der Waals surface area contributed by atoms with Crippen molar-refractivity contribution in [1.82, 2.24) is 9.62 Å². The minimum absolute atomic E-state index is 0.443. The Morgan fingerprint density at radius 2 is 1.75 bits per heavy atom. The molecule has 202 valence electrons. The summed E-state index contributed by atoms with van der Waals surface area (Å²) in [5, 5.41) is 0. The van der Waals surface area contributed by atoms with Gasteiger partial charge < -0.3 is 9.62 Å². The Morgan fingerprint density at radius 1 is 1.00 bits per heavy atom. The molecule has 0 amide bonds. The highest BCUT2D eigenvalue weighted by atomic mass is 32.2. The van der Waals surface area contributed by atoms with Crippen molar-refractivity contribution < 1.29 is 0 Å². The Hall–Kier alpha value is -3.83. The van der Waals surface area contributed by atoms with Crippen molar-refractivity contribution in [2.45, 2.75) is 44.6 Å². The first-order chi connectivity index (χ1) is 19.5. The van der Waals surface area contributed by atoms with Gasteiger partial charge in [-0.25, -0.2) is 0 Å². The summed E-state index contributed by atoms with van der Waals surface area (Å²) in [6, 6.07) is 24.3. The lowest BCUT2D eigenvalue weighted by Gasteiger charge is -2.28. The molecule has 3 aromatic rings. The molecule has 40 heavy (non-hydrogen) atoms. The number of allylic oxidation sites excluding steroid dienone is 3. The van der Waals surface area contributed by atoms with Gasteiger partial charge in [0.15, 0.2) is 0 Å². The fourth-order valence-corrected chi connectivity index (χ4v) is 6.72. The van der Waals surface area contributed by atoms with Crippen LogP contribution in [0.15, 0.2) is 117 Å². The smallest absolute Gasteiger partial charge is 0.0801 e. The van der Waals surface area contributed by atoms with Crippen LogP contribution in [0.4, 0.5) is 0 Å². The molecule has 0 unspecified atom stereocenters. The molecule has 0 saturated carbocycles. The molecule has 0 fully saturated rings. The van der Waals surface area contributed by atoms with Gasteiger partial charge in [0.05, 0.1) is 12.3 Å². The largest absolute Gasteiger partial charge is 0.374 e. The standard InChI is InChI=1S/C35H36N4S/c1-23-24(2)37-21-34(23)38-40-35-14-8-7-12-32(35)31-16-15-28(33-13-9-17-36-33)20-30(31)22-39(4)25(3)29-18-26-10-5-6-11-27(26)19-29/h5-12,14-17,20,29,38H,3,13,18-19,21-22H2,1-2,4H3. The number of fused-ring (bicyclic) bond motifs is 1. The molecule has 0 aromatic heterocycles. The van der Waals surface area contributed by atoms with Gasteiger partial charge in [0.25, 0.3) is 0 Å². The summed E-state index contributed by atoms with van der Waals surface area (Å²) in [6.07, 6.45) is 7.05. The number of nitrogens with one attached hydrogen (secondary N) is 1. The van der Waals surface area contributed by atoms with E-state index in [2.05, 4.69) is 120 Å². The van der Waals surface area contributed by atoms with Gasteiger partial charge in [0, 0.05) is 54.1 Å².